The van der Waals surface area contributed by atoms with Crippen LogP contribution in [0, 0.1) is 4.91 Å². The third-order valence-corrected chi connectivity index (χ3v) is 10.3. The quantitative estimate of drug-likeness (QED) is 0.0727. The molecule has 0 aromatic carbocycles. The lowest BCUT2D eigenvalue weighted by atomic mass is 10.0. The summed E-state index contributed by atoms with van der Waals surface area (Å²) in [5.74, 6) is -1.22. The van der Waals surface area contributed by atoms with Gasteiger partial charge < -0.3 is 27.6 Å². The van der Waals surface area contributed by atoms with Crippen molar-refractivity contribution in [2.45, 2.75) is 28.1 Å². The highest BCUT2D eigenvalue weighted by Gasteiger charge is 2.55. The molecule has 2 aliphatic rings. The number of thioether (sulfide) groups is 3. The molecular weight excluding hydrogens is 622 g/mol. The number of nitrogens with zero attached hydrogens (tertiary/aromatic N) is 5. The van der Waals surface area contributed by atoms with Crippen molar-refractivity contribution in [2.24, 2.45) is 21.6 Å². The number of carbonyl (C=O) groups excluding carboxylic acids is 2. The number of pyridine rings is 1. The molecule has 2 aromatic heterocycles. The van der Waals surface area contributed by atoms with Crippen LogP contribution in [0.5, 0.6) is 0 Å². The number of nitroso groups, excluding NO2 is 1. The number of β-lactam (4-membered cyclic amide) rings is 1. The number of hydrogen-bond acceptors (Lipinski definition) is 13. The summed E-state index contributed by atoms with van der Waals surface area (Å²) in [6.45, 7) is 0.464. The summed E-state index contributed by atoms with van der Waals surface area (Å²) in [4.78, 5) is 64.0. The average Bonchev–Trinajstić information content (AvgIpc) is 3.24. The maximum absolute atomic E-state index is 13.1. The van der Waals surface area contributed by atoms with Crippen LogP contribution >= 0.6 is 58.2 Å². The van der Waals surface area contributed by atoms with Gasteiger partial charge in [0.05, 0.1) is 6.54 Å². The van der Waals surface area contributed by atoms with E-state index in [0.29, 0.717) is 23.0 Å². The number of halogens is 1. The lowest BCUT2D eigenvalue weighted by Crippen LogP contribution is -2.70. The van der Waals surface area contributed by atoms with E-state index >= 15 is 0 Å². The van der Waals surface area contributed by atoms with Crippen LogP contribution in [0.3, 0.4) is 0 Å². The summed E-state index contributed by atoms with van der Waals surface area (Å²) in [7, 11) is 0. The molecule has 4 rings (SSSR count). The molecule has 2 aliphatic heterocycles. The van der Waals surface area contributed by atoms with E-state index < -0.39 is 35.2 Å². The average molecular weight is 644 g/mol. The molecule has 40 heavy (non-hydrogen) atoms. The first-order valence-corrected chi connectivity index (χ1v) is 15.5. The molecule has 3 atom stereocenters. The number of thiazole rings is 1. The maximum Gasteiger partial charge on any atom is 0.353 e. The summed E-state index contributed by atoms with van der Waals surface area (Å²) in [5.41, 5.74) is 16.9. The van der Waals surface area contributed by atoms with E-state index in [4.69, 9.17) is 28.8 Å². The third-order valence-electron chi connectivity index (χ3n) is 5.55. The zero-order valence-corrected chi connectivity index (χ0v) is 24.4. The van der Waals surface area contributed by atoms with Crippen molar-refractivity contribution in [3.8, 4) is 0 Å². The van der Waals surface area contributed by atoms with Gasteiger partial charge in [0.15, 0.2) is 11.1 Å². The normalized spacial score (nSPS) is 18.9. The van der Waals surface area contributed by atoms with E-state index in [-0.39, 0.29) is 32.6 Å². The van der Waals surface area contributed by atoms with Gasteiger partial charge in [-0.1, -0.05) is 34.7 Å². The molecule has 0 bridgehead atoms. The predicted molar refractivity (Wildman–Crippen MR) is 157 cm³/mol. The minimum Gasteiger partial charge on any atom is -0.477 e. The largest absolute Gasteiger partial charge is 0.477 e. The van der Waals surface area contributed by atoms with Crippen LogP contribution in [0.1, 0.15) is 17.3 Å². The number of carboxylic acids is 1. The monoisotopic (exact) mass is 643 g/mol. The number of aliphatic carboxylic acids is 1. The van der Waals surface area contributed by atoms with Crippen LogP contribution in [-0.4, -0.2) is 73.2 Å². The van der Waals surface area contributed by atoms with Gasteiger partial charge in [-0.3, -0.25) is 24.5 Å². The number of anilines is 1. The minimum atomic E-state index is -1.61. The Bertz CT molecular complexity index is 1400. The molecule has 8 N–H and O–H groups in total. The van der Waals surface area contributed by atoms with Gasteiger partial charge in [0, 0.05) is 39.5 Å². The number of nitrogen functional groups attached to an aromatic ring is 1. The molecule has 212 valence electrons. The zero-order valence-electron chi connectivity index (χ0n) is 20.4. The van der Waals surface area contributed by atoms with Crippen molar-refractivity contribution in [2.75, 3.05) is 23.8 Å². The fourth-order valence-corrected chi connectivity index (χ4v) is 8.24. The van der Waals surface area contributed by atoms with Crippen molar-refractivity contribution in [3.05, 3.63) is 49.6 Å². The highest BCUT2D eigenvalue weighted by Crippen LogP contribution is 2.46. The molecule has 0 aliphatic carbocycles. The Morgan fingerprint density at radius 3 is 2.80 bits per heavy atom. The Balaban J connectivity index is 1.47. The summed E-state index contributed by atoms with van der Waals surface area (Å²) < 4.78 is 0.0336. The number of carboxylic acid groups (broad SMARTS) is 1. The molecule has 4 heterocycles. The summed E-state index contributed by atoms with van der Waals surface area (Å²) in [6, 6.07) is -0.890. The third kappa shape index (κ3) is 6.46. The molecular formula is C21H22ClN9O5S4. The Morgan fingerprint density at radius 1 is 1.38 bits per heavy atom. The summed E-state index contributed by atoms with van der Waals surface area (Å²) in [5, 5.41) is 14.7. The first kappa shape index (κ1) is 29.9. The SMILES string of the molecule is NC(N)=NCCSCc1cnccc1SC1=C(C(=O)O)N2C(=O)[C@@H](NC(=O)C(N=O)c3nc(N)sc3Cl)[C@@H]2SC1. The first-order valence-electron chi connectivity index (χ1n) is 11.3. The summed E-state index contributed by atoms with van der Waals surface area (Å²) in [6.07, 6.45) is 3.31. The van der Waals surface area contributed by atoms with E-state index in [1.807, 2.05) is 0 Å². The number of aromatic nitrogens is 2. The van der Waals surface area contributed by atoms with Gasteiger partial charge in [-0.05, 0) is 16.8 Å². The molecule has 1 unspecified atom stereocenters. The molecule has 14 nitrogen and oxygen atoms in total. The van der Waals surface area contributed by atoms with Gasteiger partial charge in [0.1, 0.15) is 27.1 Å². The number of carbonyl (C=O) groups is 3. The second kappa shape index (κ2) is 13.1. The van der Waals surface area contributed by atoms with Gasteiger partial charge >= 0.3 is 5.97 Å². The number of hydrogen-bond donors (Lipinski definition) is 5. The molecule has 19 heteroatoms. The molecule has 1 fully saturated rings. The second-order valence-corrected chi connectivity index (χ2v) is 13.1. The fraction of sp³-hybridized carbons (Fsp3) is 0.333. The van der Waals surface area contributed by atoms with Crippen LogP contribution in [0.2, 0.25) is 4.34 Å². The standard InChI is InChI=1S/C21H22ClN9O5S4/c22-15-11(29-21(25)40-15)12(30-36)16(32)28-13-17(33)31-14(19(34)35)10(7-38-18(13)31)39-9-1-2-26-5-8(9)6-37-4-3-27-20(23)24/h1-2,5,12-13,18H,3-4,6-7H2,(H2,25,29)(H,28,32)(H,34,35)(H4,23,24,27)/t12?,13-,18+/m1/s1. The second-order valence-electron chi connectivity index (χ2n) is 8.14. The lowest BCUT2D eigenvalue weighted by molar-refractivity contribution is -0.150. The van der Waals surface area contributed by atoms with Crippen molar-refractivity contribution in [1.82, 2.24) is 20.2 Å². The van der Waals surface area contributed by atoms with Crippen LogP contribution in [0.4, 0.5) is 5.13 Å². The highest BCUT2D eigenvalue weighted by molar-refractivity contribution is 8.06. The van der Waals surface area contributed by atoms with E-state index in [9.17, 15) is 24.4 Å². The van der Waals surface area contributed by atoms with Crippen LogP contribution in [0.15, 0.2) is 44.1 Å². The Labute approximate surface area is 248 Å². The maximum atomic E-state index is 13.1. The first-order chi connectivity index (χ1) is 19.1. The number of fused-ring (bicyclic) bond motifs is 1. The number of rotatable bonds is 12. The Morgan fingerprint density at radius 2 is 2.15 bits per heavy atom. The minimum absolute atomic E-state index is 0.0242. The molecule has 0 spiro atoms. The van der Waals surface area contributed by atoms with Crippen molar-refractivity contribution in [3.63, 3.8) is 0 Å². The van der Waals surface area contributed by atoms with Crippen LogP contribution in [0.25, 0.3) is 0 Å². The van der Waals surface area contributed by atoms with E-state index in [0.717, 1.165) is 26.7 Å². The topological polar surface area (TPSA) is 232 Å². The number of nitrogens with two attached hydrogens (primary N) is 3. The van der Waals surface area contributed by atoms with E-state index in [1.54, 1.807) is 30.2 Å². The van der Waals surface area contributed by atoms with Crippen LogP contribution < -0.4 is 22.5 Å². The molecule has 2 aromatic rings. The smallest absolute Gasteiger partial charge is 0.353 e. The van der Waals surface area contributed by atoms with Gasteiger partial charge in [-0.2, -0.15) is 11.8 Å². The fourth-order valence-electron chi connectivity index (χ4n) is 3.80. The molecule has 2 amide bonds. The highest BCUT2D eigenvalue weighted by atomic mass is 35.5. The number of aliphatic imine (C=N–C) groups is 1. The van der Waals surface area contributed by atoms with E-state index in [2.05, 4.69) is 25.5 Å². The summed E-state index contributed by atoms with van der Waals surface area (Å²) >= 11 is 11.0. The van der Waals surface area contributed by atoms with Gasteiger partial charge in [0.25, 0.3) is 11.8 Å². The van der Waals surface area contributed by atoms with Crippen molar-refractivity contribution in [1.29, 1.82) is 0 Å². The Kier molecular flexibility index (Phi) is 9.77. The van der Waals surface area contributed by atoms with Gasteiger partial charge in [-0.25, -0.2) is 9.78 Å². The predicted octanol–water partition coefficient (Wildman–Crippen LogP) is 1.58. The molecule has 0 radical (unpaired) electrons. The number of nitrogens with one attached hydrogen (secondary N) is 1. The van der Waals surface area contributed by atoms with Crippen molar-refractivity contribution < 1.29 is 19.5 Å². The Hall–Kier alpha value is -3.06. The van der Waals surface area contributed by atoms with Gasteiger partial charge in [0.2, 0.25) is 6.04 Å². The van der Waals surface area contributed by atoms with Gasteiger partial charge in [-0.15, -0.1) is 16.7 Å². The number of amides is 2. The van der Waals surface area contributed by atoms with Crippen LogP contribution in [-0.2, 0) is 20.1 Å². The van der Waals surface area contributed by atoms with E-state index in [1.165, 1.54) is 23.5 Å². The molecule has 0 saturated carbocycles. The lowest BCUT2D eigenvalue weighted by Gasteiger charge is -2.49. The molecule has 1 saturated heterocycles. The van der Waals surface area contributed by atoms with Crippen molar-refractivity contribution >= 4 is 87.1 Å². The number of guanidine groups is 1. The zero-order chi connectivity index (χ0) is 29.0.